The normalized spacial score (nSPS) is 26.5. The molecule has 2 unspecified atom stereocenters. The quantitative estimate of drug-likeness (QED) is 0.841. The second kappa shape index (κ2) is 4.37. The SMILES string of the molecule is CN1CCC(N)CC1c1ccnc2cscc12. The number of pyridine rings is 1. The summed E-state index contributed by atoms with van der Waals surface area (Å²) in [6, 6.07) is 2.92. The molecular formula is C13H17N3S. The molecule has 2 atom stereocenters. The number of hydrogen-bond donors (Lipinski definition) is 1. The molecule has 3 nitrogen and oxygen atoms in total. The van der Waals surface area contributed by atoms with Crippen LogP contribution < -0.4 is 5.73 Å². The number of rotatable bonds is 1. The van der Waals surface area contributed by atoms with E-state index in [1.165, 1.54) is 10.9 Å². The fourth-order valence-corrected chi connectivity index (χ4v) is 3.44. The minimum absolute atomic E-state index is 0.332. The zero-order valence-corrected chi connectivity index (χ0v) is 10.8. The van der Waals surface area contributed by atoms with Crippen molar-refractivity contribution < 1.29 is 0 Å². The van der Waals surface area contributed by atoms with E-state index in [0.717, 1.165) is 24.9 Å². The number of fused-ring (bicyclic) bond motifs is 1. The Labute approximate surface area is 105 Å². The van der Waals surface area contributed by atoms with Gasteiger partial charge in [-0.15, -0.1) is 11.3 Å². The van der Waals surface area contributed by atoms with Crippen LogP contribution in [0.1, 0.15) is 24.4 Å². The molecule has 0 bridgehead atoms. The molecule has 0 aromatic carbocycles. The average molecular weight is 247 g/mol. The first-order valence-corrected chi connectivity index (χ1v) is 6.96. The zero-order valence-electron chi connectivity index (χ0n) is 9.97. The molecular weight excluding hydrogens is 230 g/mol. The van der Waals surface area contributed by atoms with Crippen LogP contribution in [0.5, 0.6) is 0 Å². The van der Waals surface area contributed by atoms with Crippen LogP contribution in [0.4, 0.5) is 0 Å². The minimum atomic E-state index is 0.332. The summed E-state index contributed by atoms with van der Waals surface area (Å²) in [6.45, 7) is 1.08. The Morgan fingerprint density at radius 2 is 2.35 bits per heavy atom. The topological polar surface area (TPSA) is 42.1 Å². The van der Waals surface area contributed by atoms with Crippen LogP contribution in [0.25, 0.3) is 10.9 Å². The second-order valence-electron chi connectivity index (χ2n) is 4.85. The van der Waals surface area contributed by atoms with E-state index in [1.54, 1.807) is 11.3 Å². The Kier molecular flexibility index (Phi) is 2.86. The van der Waals surface area contributed by atoms with E-state index in [-0.39, 0.29) is 0 Å². The molecule has 17 heavy (non-hydrogen) atoms. The third-order valence-electron chi connectivity index (χ3n) is 3.69. The van der Waals surface area contributed by atoms with E-state index in [4.69, 9.17) is 5.73 Å². The molecule has 3 heterocycles. The third kappa shape index (κ3) is 1.97. The fourth-order valence-electron chi connectivity index (χ4n) is 2.66. The molecule has 0 amide bonds. The summed E-state index contributed by atoms with van der Waals surface area (Å²) in [5.41, 5.74) is 8.60. The molecule has 1 aliphatic heterocycles. The van der Waals surface area contributed by atoms with E-state index in [9.17, 15) is 0 Å². The molecule has 0 spiro atoms. The maximum Gasteiger partial charge on any atom is 0.0812 e. The lowest BCUT2D eigenvalue weighted by Crippen LogP contribution is -2.39. The predicted molar refractivity (Wildman–Crippen MR) is 72.2 cm³/mol. The van der Waals surface area contributed by atoms with Crippen molar-refractivity contribution >= 4 is 22.2 Å². The molecule has 1 fully saturated rings. The molecule has 1 aliphatic rings. The number of aromatic nitrogens is 1. The van der Waals surface area contributed by atoms with Gasteiger partial charge in [-0.05, 0) is 38.1 Å². The Morgan fingerprint density at radius 3 is 3.24 bits per heavy atom. The molecule has 1 saturated heterocycles. The van der Waals surface area contributed by atoms with E-state index >= 15 is 0 Å². The molecule has 4 heteroatoms. The summed E-state index contributed by atoms with van der Waals surface area (Å²) in [4.78, 5) is 6.81. The number of thiophene rings is 1. The van der Waals surface area contributed by atoms with E-state index in [0.29, 0.717) is 12.1 Å². The third-order valence-corrected chi connectivity index (χ3v) is 4.42. The van der Waals surface area contributed by atoms with Crippen molar-refractivity contribution in [3.8, 4) is 0 Å². The first kappa shape index (κ1) is 11.1. The van der Waals surface area contributed by atoms with Gasteiger partial charge in [-0.25, -0.2) is 0 Å². The van der Waals surface area contributed by atoms with Gasteiger partial charge in [0.25, 0.3) is 0 Å². The van der Waals surface area contributed by atoms with Crippen LogP contribution in [0, 0.1) is 0 Å². The maximum absolute atomic E-state index is 6.10. The van der Waals surface area contributed by atoms with Gasteiger partial charge in [0.2, 0.25) is 0 Å². The molecule has 0 saturated carbocycles. The Hall–Kier alpha value is -0.970. The maximum atomic E-state index is 6.10. The van der Waals surface area contributed by atoms with Gasteiger partial charge in [-0.2, -0.15) is 0 Å². The van der Waals surface area contributed by atoms with Crippen molar-refractivity contribution in [1.29, 1.82) is 0 Å². The lowest BCUT2D eigenvalue weighted by Gasteiger charge is -2.36. The highest BCUT2D eigenvalue weighted by Gasteiger charge is 2.26. The van der Waals surface area contributed by atoms with Crippen LogP contribution >= 0.6 is 11.3 Å². The van der Waals surface area contributed by atoms with Gasteiger partial charge < -0.3 is 5.73 Å². The number of nitrogens with two attached hydrogens (primary N) is 1. The summed E-state index contributed by atoms with van der Waals surface area (Å²) in [6.07, 6.45) is 4.06. The Bertz CT molecular complexity index is 522. The van der Waals surface area contributed by atoms with Gasteiger partial charge in [-0.1, -0.05) is 0 Å². The van der Waals surface area contributed by atoms with Crippen molar-refractivity contribution in [3.05, 3.63) is 28.6 Å². The number of hydrogen-bond acceptors (Lipinski definition) is 4. The molecule has 90 valence electrons. The molecule has 3 rings (SSSR count). The summed E-state index contributed by atoms with van der Waals surface area (Å²) in [7, 11) is 2.19. The Morgan fingerprint density at radius 1 is 1.47 bits per heavy atom. The standard InChI is InChI=1S/C13H17N3S/c1-16-5-3-9(14)6-13(16)10-2-4-15-12-8-17-7-11(10)12/h2,4,7-9,13H,3,5-6,14H2,1H3. The molecule has 2 aromatic heterocycles. The average Bonchev–Trinajstić information content (AvgIpc) is 2.80. The van der Waals surface area contributed by atoms with Crippen molar-refractivity contribution in [2.45, 2.75) is 24.9 Å². The van der Waals surface area contributed by atoms with Crippen molar-refractivity contribution in [2.24, 2.45) is 5.73 Å². The zero-order chi connectivity index (χ0) is 11.8. The molecule has 0 aliphatic carbocycles. The van der Waals surface area contributed by atoms with Crippen molar-refractivity contribution in [3.63, 3.8) is 0 Å². The molecule has 2 N–H and O–H groups in total. The number of piperidine rings is 1. The Balaban J connectivity index is 2.04. The van der Waals surface area contributed by atoms with Crippen LogP contribution in [-0.4, -0.2) is 29.5 Å². The van der Waals surface area contributed by atoms with E-state index < -0.39 is 0 Å². The predicted octanol–water partition coefficient (Wildman–Crippen LogP) is 2.39. The lowest BCUT2D eigenvalue weighted by atomic mass is 9.92. The summed E-state index contributed by atoms with van der Waals surface area (Å²) < 4.78 is 0. The molecule has 0 radical (unpaired) electrons. The van der Waals surface area contributed by atoms with Crippen LogP contribution in [-0.2, 0) is 0 Å². The van der Waals surface area contributed by atoms with Crippen molar-refractivity contribution in [1.82, 2.24) is 9.88 Å². The highest BCUT2D eigenvalue weighted by molar-refractivity contribution is 7.09. The monoisotopic (exact) mass is 247 g/mol. The van der Waals surface area contributed by atoms with E-state index in [2.05, 4.69) is 33.8 Å². The van der Waals surface area contributed by atoms with Gasteiger partial charge in [0.15, 0.2) is 0 Å². The summed E-state index contributed by atoms with van der Waals surface area (Å²) in [5, 5.41) is 5.61. The fraction of sp³-hybridized carbons (Fsp3) is 0.462. The van der Waals surface area contributed by atoms with Gasteiger partial charge >= 0.3 is 0 Å². The highest BCUT2D eigenvalue weighted by Crippen LogP contribution is 2.34. The molecule has 2 aromatic rings. The van der Waals surface area contributed by atoms with Gasteiger partial charge in [0.1, 0.15) is 0 Å². The lowest BCUT2D eigenvalue weighted by molar-refractivity contribution is 0.172. The van der Waals surface area contributed by atoms with E-state index in [1.807, 2.05) is 6.20 Å². The second-order valence-corrected chi connectivity index (χ2v) is 5.60. The van der Waals surface area contributed by atoms with Gasteiger partial charge in [0, 0.05) is 34.4 Å². The smallest absolute Gasteiger partial charge is 0.0812 e. The minimum Gasteiger partial charge on any atom is -0.328 e. The summed E-state index contributed by atoms with van der Waals surface area (Å²) >= 11 is 1.72. The number of nitrogens with zero attached hydrogens (tertiary/aromatic N) is 2. The first-order valence-electron chi connectivity index (χ1n) is 6.02. The summed E-state index contributed by atoms with van der Waals surface area (Å²) in [5.74, 6) is 0. The highest BCUT2D eigenvalue weighted by atomic mass is 32.1. The van der Waals surface area contributed by atoms with Gasteiger partial charge in [0.05, 0.1) is 5.52 Å². The van der Waals surface area contributed by atoms with Crippen LogP contribution in [0.2, 0.25) is 0 Å². The van der Waals surface area contributed by atoms with Crippen LogP contribution in [0.15, 0.2) is 23.0 Å². The van der Waals surface area contributed by atoms with Crippen LogP contribution in [0.3, 0.4) is 0 Å². The van der Waals surface area contributed by atoms with Gasteiger partial charge in [-0.3, -0.25) is 9.88 Å². The first-order chi connectivity index (χ1) is 8.25. The van der Waals surface area contributed by atoms with Crippen molar-refractivity contribution in [2.75, 3.05) is 13.6 Å². The largest absolute Gasteiger partial charge is 0.328 e. The number of likely N-dealkylation sites (tertiary alicyclic amines) is 1.